The van der Waals surface area contributed by atoms with Crippen molar-refractivity contribution in [2.24, 2.45) is 0 Å². The summed E-state index contributed by atoms with van der Waals surface area (Å²) in [5, 5.41) is 9.75. The van der Waals surface area contributed by atoms with Crippen molar-refractivity contribution in [2.45, 2.75) is 25.8 Å². The second-order valence-corrected chi connectivity index (χ2v) is 5.02. The molecule has 1 aromatic heterocycles. The Bertz CT molecular complexity index is 547. The minimum Gasteiger partial charge on any atom is -0.462 e. The number of aryl methyl sites for hydroxylation is 1. The predicted octanol–water partition coefficient (Wildman–Crippen LogP) is 3.11. The Hall–Kier alpha value is -1.80. The van der Waals surface area contributed by atoms with E-state index >= 15 is 0 Å². The average Bonchev–Trinajstić information content (AvgIpc) is 2.36. The van der Waals surface area contributed by atoms with Crippen LogP contribution in [-0.2, 0) is 4.74 Å². The van der Waals surface area contributed by atoms with Gasteiger partial charge in [-0.15, -0.1) is 11.8 Å². The summed E-state index contributed by atoms with van der Waals surface area (Å²) in [7, 11) is 0. The van der Waals surface area contributed by atoms with Crippen molar-refractivity contribution in [3.8, 4) is 6.07 Å². The van der Waals surface area contributed by atoms with Crippen LogP contribution in [0.1, 0.15) is 35.5 Å². The molecule has 1 rings (SSSR count). The van der Waals surface area contributed by atoms with E-state index < -0.39 is 5.97 Å². The third-order valence-corrected chi connectivity index (χ3v) is 3.47. The van der Waals surface area contributed by atoms with Crippen LogP contribution in [0.3, 0.4) is 0 Å². The summed E-state index contributed by atoms with van der Waals surface area (Å²) in [6.45, 7) is 9.50. The third kappa shape index (κ3) is 4.11. The summed E-state index contributed by atoms with van der Waals surface area (Å²) in [6.07, 6.45) is 0. The first-order valence-electron chi connectivity index (χ1n) is 5.85. The van der Waals surface area contributed by atoms with Crippen LogP contribution in [0.2, 0.25) is 0 Å². The SMILES string of the molecule is C=C(C)CSc1nc(C)c(C(=O)OCC)cc1C#N. The Morgan fingerprint density at radius 2 is 2.32 bits per heavy atom. The van der Waals surface area contributed by atoms with Gasteiger partial charge in [0.25, 0.3) is 0 Å². The molecule has 4 nitrogen and oxygen atoms in total. The lowest BCUT2D eigenvalue weighted by molar-refractivity contribution is 0.0524. The minimum absolute atomic E-state index is 0.298. The molecule has 0 bridgehead atoms. The lowest BCUT2D eigenvalue weighted by atomic mass is 10.1. The summed E-state index contributed by atoms with van der Waals surface area (Å²) in [6, 6.07) is 3.61. The highest BCUT2D eigenvalue weighted by Crippen LogP contribution is 2.24. The van der Waals surface area contributed by atoms with Crippen molar-refractivity contribution in [3.05, 3.63) is 35.0 Å². The molecule has 0 saturated carbocycles. The number of nitriles is 1. The molecule has 0 radical (unpaired) electrons. The second-order valence-electron chi connectivity index (χ2n) is 4.05. The number of pyridine rings is 1. The zero-order chi connectivity index (χ0) is 14.4. The van der Waals surface area contributed by atoms with Gasteiger partial charge in [0, 0.05) is 5.75 Å². The molecule has 100 valence electrons. The summed E-state index contributed by atoms with van der Waals surface area (Å²) in [5.74, 6) is 0.250. The maximum absolute atomic E-state index is 11.7. The average molecular weight is 276 g/mol. The van der Waals surface area contributed by atoms with Gasteiger partial charge in [-0.1, -0.05) is 12.2 Å². The molecule has 0 aliphatic heterocycles. The Morgan fingerprint density at radius 3 is 2.84 bits per heavy atom. The van der Waals surface area contributed by atoms with Crippen LogP contribution >= 0.6 is 11.8 Å². The number of ether oxygens (including phenoxy) is 1. The molecule has 0 atom stereocenters. The van der Waals surface area contributed by atoms with E-state index in [9.17, 15) is 4.79 Å². The van der Waals surface area contributed by atoms with Gasteiger partial charge in [0.1, 0.15) is 11.1 Å². The van der Waals surface area contributed by atoms with Crippen LogP contribution in [0.5, 0.6) is 0 Å². The molecule has 1 heterocycles. The van der Waals surface area contributed by atoms with Crippen molar-refractivity contribution in [2.75, 3.05) is 12.4 Å². The molecule has 0 aliphatic carbocycles. The molecule has 0 amide bonds. The van der Waals surface area contributed by atoms with Crippen molar-refractivity contribution in [1.82, 2.24) is 4.98 Å². The fourth-order valence-corrected chi connectivity index (χ4v) is 2.23. The van der Waals surface area contributed by atoms with Gasteiger partial charge in [-0.2, -0.15) is 5.26 Å². The Kier molecular flexibility index (Phi) is 5.58. The van der Waals surface area contributed by atoms with E-state index in [-0.39, 0.29) is 0 Å². The lowest BCUT2D eigenvalue weighted by Crippen LogP contribution is -2.09. The molecule has 0 saturated heterocycles. The zero-order valence-corrected chi connectivity index (χ0v) is 12.1. The van der Waals surface area contributed by atoms with E-state index in [0.29, 0.717) is 34.2 Å². The molecule has 5 heteroatoms. The smallest absolute Gasteiger partial charge is 0.340 e. The van der Waals surface area contributed by atoms with Crippen molar-refractivity contribution < 1.29 is 9.53 Å². The molecule has 0 aromatic carbocycles. The number of thioether (sulfide) groups is 1. The number of hydrogen-bond acceptors (Lipinski definition) is 5. The van der Waals surface area contributed by atoms with Crippen LogP contribution in [0.25, 0.3) is 0 Å². The molecule has 0 N–H and O–H groups in total. The molecule has 1 aromatic rings. The highest BCUT2D eigenvalue weighted by atomic mass is 32.2. The maximum atomic E-state index is 11.7. The minimum atomic E-state index is -0.444. The number of esters is 1. The standard InChI is InChI=1S/C14H16N2O2S/c1-5-18-14(17)12-6-11(7-15)13(16-10(12)4)19-8-9(2)3/h6H,2,5,8H2,1,3-4H3. The van der Waals surface area contributed by atoms with Crippen LogP contribution < -0.4 is 0 Å². The number of rotatable bonds is 5. The Morgan fingerprint density at radius 1 is 1.63 bits per heavy atom. The fourth-order valence-electron chi connectivity index (χ4n) is 1.38. The molecular weight excluding hydrogens is 260 g/mol. The van der Waals surface area contributed by atoms with Crippen LogP contribution in [0.4, 0.5) is 0 Å². The number of carbonyl (C=O) groups excluding carboxylic acids is 1. The largest absolute Gasteiger partial charge is 0.462 e. The Balaban J connectivity index is 3.11. The van der Waals surface area contributed by atoms with Crippen molar-refractivity contribution in [3.63, 3.8) is 0 Å². The third-order valence-electron chi connectivity index (χ3n) is 2.25. The normalized spacial score (nSPS) is 9.79. The summed E-state index contributed by atoms with van der Waals surface area (Å²) >= 11 is 1.44. The van der Waals surface area contributed by atoms with Crippen molar-refractivity contribution in [1.29, 1.82) is 5.26 Å². The number of carbonyl (C=O) groups is 1. The predicted molar refractivity (Wildman–Crippen MR) is 75.2 cm³/mol. The fraction of sp³-hybridized carbons (Fsp3) is 0.357. The van der Waals surface area contributed by atoms with Gasteiger partial charge in [-0.05, 0) is 26.8 Å². The molecule has 0 spiro atoms. The topological polar surface area (TPSA) is 63.0 Å². The van der Waals surface area contributed by atoms with E-state index in [1.165, 1.54) is 11.8 Å². The number of nitrogens with zero attached hydrogens (tertiary/aromatic N) is 2. The maximum Gasteiger partial charge on any atom is 0.340 e. The van der Waals surface area contributed by atoms with Gasteiger partial charge in [-0.3, -0.25) is 0 Å². The first-order chi connectivity index (χ1) is 8.99. The molecule has 0 fully saturated rings. The Labute approximate surface area is 117 Å². The van der Waals surface area contributed by atoms with E-state index in [1.54, 1.807) is 19.9 Å². The quantitative estimate of drug-likeness (QED) is 0.470. The van der Waals surface area contributed by atoms with E-state index in [4.69, 9.17) is 10.00 Å². The number of aromatic nitrogens is 1. The van der Waals surface area contributed by atoms with Gasteiger partial charge in [-0.25, -0.2) is 9.78 Å². The van der Waals surface area contributed by atoms with E-state index in [2.05, 4.69) is 17.6 Å². The molecule has 0 unspecified atom stereocenters. The number of hydrogen-bond donors (Lipinski definition) is 0. The monoisotopic (exact) mass is 276 g/mol. The van der Waals surface area contributed by atoms with Crippen LogP contribution in [0, 0.1) is 18.3 Å². The van der Waals surface area contributed by atoms with Gasteiger partial charge in [0.2, 0.25) is 0 Å². The van der Waals surface area contributed by atoms with Gasteiger partial charge < -0.3 is 4.74 Å². The van der Waals surface area contributed by atoms with Crippen LogP contribution in [0.15, 0.2) is 23.2 Å². The van der Waals surface area contributed by atoms with Crippen LogP contribution in [-0.4, -0.2) is 23.3 Å². The second kappa shape index (κ2) is 6.95. The summed E-state index contributed by atoms with van der Waals surface area (Å²) in [5.41, 5.74) is 2.31. The van der Waals surface area contributed by atoms with E-state index in [1.807, 2.05) is 6.92 Å². The highest BCUT2D eigenvalue weighted by Gasteiger charge is 2.16. The first-order valence-corrected chi connectivity index (χ1v) is 6.84. The van der Waals surface area contributed by atoms with Gasteiger partial charge >= 0.3 is 5.97 Å². The van der Waals surface area contributed by atoms with E-state index in [0.717, 1.165) is 5.57 Å². The summed E-state index contributed by atoms with van der Waals surface area (Å²) in [4.78, 5) is 16.0. The molecule has 0 aliphatic rings. The van der Waals surface area contributed by atoms with Gasteiger partial charge in [0.05, 0.1) is 23.4 Å². The first kappa shape index (κ1) is 15.3. The lowest BCUT2D eigenvalue weighted by Gasteiger charge is -2.09. The molecular formula is C14H16N2O2S. The zero-order valence-electron chi connectivity index (χ0n) is 11.3. The van der Waals surface area contributed by atoms with Crippen molar-refractivity contribution >= 4 is 17.7 Å². The molecule has 19 heavy (non-hydrogen) atoms. The highest BCUT2D eigenvalue weighted by molar-refractivity contribution is 7.99. The van der Waals surface area contributed by atoms with Gasteiger partial charge in [0.15, 0.2) is 0 Å². The summed E-state index contributed by atoms with van der Waals surface area (Å²) < 4.78 is 4.94.